The number of carbonyl (C=O) groups is 1. The van der Waals surface area contributed by atoms with Gasteiger partial charge in [0, 0.05) is 24.5 Å². The second kappa shape index (κ2) is 7.80. The summed E-state index contributed by atoms with van der Waals surface area (Å²) in [6, 6.07) is 8.17. The number of anilines is 1. The number of piperidine rings is 1. The minimum atomic E-state index is -0.273. The van der Waals surface area contributed by atoms with Crippen LogP contribution in [0.4, 0.5) is 5.82 Å². The molecule has 3 heterocycles. The summed E-state index contributed by atoms with van der Waals surface area (Å²) in [6.07, 6.45) is 5.49. The SMILES string of the molecule is CC(C)[C@H](Nc1ncnc2ccccc12)C(=O)N1CC(N2CCCCC2)C1. The van der Waals surface area contributed by atoms with Crippen LogP contribution in [-0.2, 0) is 4.79 Å². The number of aromatic nitrogens is 2. The van der Waals surface area contributed by atoms with Crippen molar-refractivity contribution in [2.75, 3.05) is 31.5 Å². The van der Waals surface area contributed by atoms with Gasteiger partial charge in [-0.25, -0.2) is 9.97 Å². The average molecular weight is 367 g/mol. The van der Waals surface area contributed by atoms with E-state index in [1.807, 2.05) is 29.2 Å². The second-order valence-electron chi connectivity index (χ2n) is 8.10. The molecule has 1 amide bonds. The number of rotatable bonds is 5. The Balaban J connectivity index is 1.44. The van der Waals surface area contributed by atoms with Crippen molar-refractivity contribution >= 4 is 22.6 Å². The molecule has 144 valence electrons. The van der Waals surface area contributed by atoms with Gasteiger partial charge in [-0.1, -0.05) is 32.4 Å². The minimum Gasteiger partial charge on any atom is -0.358 e. The average Bonchev–Trinajstić information content (AvgIpc) is 2.65. The van der Waals surface area contributed by atoms with Crippen LogP contribution in [-0.4, -0.2) is 63.9 Å². The number of fused-ring (bicyclic) bond motifs is 1. The number of carbonyl (C=O) groups excluding carboxylic acids is 1. The van der Waals surface area contributed by atoms with E-state index < -0.39 is 0 Å². The first-order chi connectivity index (χ1) is 13.1. The van der Waals surface area contributed by atoms with Gasteiger partial charge in [-0.05, 0) is 44.0 Å². The number of nitrogens with one attached hydrogen (secondary N) is 1. The molecule has 4 rings (SSSR count). The fourth-order valence-corrected chi connectivity index (χ4v) is 4.13. The number of para-hydroxylation sites is 1. The van der Waals surface area contributed by atoms with Crippen LogP contribution in [0.1, 0.15) is 33.1 Å². The van der Waals surface area contributed by atoms with Crippen molar-refractivity contribution in [2.24, 2.45) is 5.92 Å². The molecular weight excluding hydrogens is 338 g/mol. The summed E-state index contributed by atoms with van der Waals surface area (Å²) >= 11 is 0. The Hall–Kier alpha value is -2.21. The van der Waals surface area contributed by atoms with Gasteiger partial charge in [-0.3, -0.25) is 9.69 Å². The Morgan fingerprint density at radius 1 is 1.11 bits per heavy atom. The highest BCUT2D eigenvalue weighted by atomic mass is 16.2. The number of nitrogens with zero attached hydrogens (tertiary/aromatic N) is 4. The first-order valence-electron chi connectivity index (χ1n) is 10.1. The number of hydrogen-bond donors (Lipinski definition) is 1. The van der Waals surface area contributed by atoms with E-state index in [1.165, 1.54) is 32.4 Å². The monoisotopic (exact) mass is 367 g/mol. The molecule has 1 N–H and O–H groups in total. The molecule has 1 atom stereocenters. The Kier molecular flexibility index (Phi) is 5.25. The van der Waals surface area contributed by atoms with Gasteiger partial charge in [0.1, 0.15) is 18.2 Å². The molecule has 2 aliphatic rings. The van der Waals surface area contributed by atoms with Gasteiger partial charge in [0.15, 0.2) is 0 Å². The van der Waals surface area contributed by atoms with E-state index in [0.717, 1.165) is 29.8 Å². The summed E-state index contributed by atoms with van der Waals surface area (Å²) in [5.74, 6) is 1.10. The molecule has 1 aromatic carbocycles. The van der Waals surface area contributed by atoms with Crippen LogP contribution in [0.15, 0.2) is 30.6 Å². The lowest BCUT2D eigenvalue weighted by atomic mass is 9.97. The maximum absolute atomic E-state index is 13.1. The Bertz CT molecular complexity index is 791. The van der Waals surface area contributed by atoms with Gasteiger partial charge >= 0.3 is 0 Å². The quantitative estimate of drug-likeness (QED) is 0.880. The predicted octanol–water partition coefficient (Wildman–Crippen LogP) is 2.76. The lowest BCUT2D eigenvalue weighted by Crippen LogP contribution is -2.64. The molecule has 6 nitrogen and oxygen atoms in total. The topological polar surface area (TPSA) is 61.4 Å². The predicted molar refractivity (Wildman–Crippen MR) is 108 cm³/mol. The molecule has 0 aliphatic carbocycles. The van der Waals surface area contributed by atoms with Crippen molar-refractivity contribution in [3.63, 3.8) is 0 Å². The van der Waals surface area contributed by atoms with Crippen molar-refractivity contribution in [1.29, 1.82) is 0 Å². The van der Waals surface area contributed by atoms with E-state index >= 15 is 0 Å². The van der Waals surface area contributed by atoms with Gasteiger partial charge in [-0.15, -0.1) is 0 Å². The molecule has 1 aromatic heterocycles. The van der Waals surface area contributed by atoms with Crippen LogP contribution in [0.25, 0.3) is 10.9 Å². The highest BCUT2D eigenvalue weighted by molar-refractivity contribution is 5.92. The maximum Gasteiger partial charge on any atom is 0.245 e. The van der Waals surface area contributed by atoms with E-state index in [1.54, 1.807) is 6.33 Å². The molecular formula is C21H29N5O. The van der Waals surface area contributed by atoms with Crippen molar-refractivity contribution in [1.82, 2.24) is 19.8 Å². The van der Waals surface area contributed by atoms with E-state index in [4.69, 9.17) is 0 Å². The first kappa shape index (κ1) is 18.2. The molecule has 0 radical (unpaired) electrons. The van der Waals surface area contributed by atoms with Gasteiger partial charge in [0.25, 0.3) is 0 Å². The van der Waals surface area contributed by atoms with Gasteiger partial charge in [0.05, 0.1) is 5.52 Å². The van der Waals surface area contributed by atoms with Crippen molar-refractivity contribution in [3.05, 3.63) is 30.6 Å². The van der Waals surface area contributed by atoms with Crippen LogP contribution in [0.5, 0.6) is 0 Å². The summed E-state index contributed by atoms with van der Waals surface area (Å²) < 4.78 is 0. The molecule has 2 aliphatic heterocycles. The van der Waals surface area contributed by atoms with Crippen LogP contribution in [0, 0.1) is 5.92 Å². The molecule has 0 bridgehead atoms. The third-order valence-corrected chi connectivity index (χ3v) is 5.85. The first-order valence-corrected chi connectivity index (χ1v) is 10.1. The number of benzene rings is 1. The van der Waals surface area contributed by atoms with Gasteiger partial charge in [-0.2, -0.15) is 0 Å². The summed E-state index contributed by atoms with van der Waals surface area (Å²) in [4.78, 5) is 26.4. The van der Waals surface area contributed by atoms with E-state index in [0.29, 0.717) is 6.04 Å². The molecule has 27 heavy (non-hydrogen) atoms. The summed E-state index contributed by atoms with van der Waals surface area (Å²) in [5.41, 5.74) is 0.888. The van der Waals surface area contributed by atoms with E-state index in [-0.39, 0.29) is 17.9 Å². The van der Waals surface area contributed by atoms with E-state index in [9.17, 15) is 4.79 Å². The largest absolute Gasteiger partial charge is 0.358 e. The number of likely N-dealkylation sites (tertiary alicyclic amines) is 2. The molecule has 0 spiro atoms. The smallest absolute Gasteiger partial charge is 0.245 e. The van der Waals surface area contributed by atoms with Crippen molar-refractivity contribution in [3.8, 4) is 0 Å². The summed E-state index contributed by atoms with van der Waals surface area (Å²) in [5, 5.41) is 4.36. The summed E-state index contributed by atoms with van der Waals surface area (Å²) in [6.45, 7) is 8.25. The lowest BCUT2D eigenvalue weighted by molar-refractivity contribution is -0.140. The van der Waals surface area contributed by atoms with Crippen LogP contribution < -0.4 is 5.32 Å². The zero-order valence-electron chi connectivity index (χ0n) is 16.3. The number of hydrogen-bond acceptors (Lipinski definition) is 5. The fourth-order valence-electron chi connectivity index (χ4n) is 4.13. The van der Waals surface area contributed by atoms with Gasteiger partial charge < -0.3 is 10.2 Å². The van der Waals surface area contributed by atoms with Crippen LogP contribution in [0.3, 0.4) is 0 Å². The highest BCUT2D eigenvalue weighted by Gasteiger charge is 2.38. The minimum absolute atomic E-state index is 0.181. The third-order valence-electron chi connectivity index (χ3n) is 5.85. The standard InChI is InChI=1S/C21H29N5O/c1-15(2)19(24-20-17-8-4-5-9-18(17)22-14-23-20)21(27)26-12-16(13-26)25-10-6-3-7-11-25/h4-5,8-9,14-16,19H,3,6-7,10-13H2,1-2H3,(H,22,23,24)/t19-/m0/s1. The van der Waals surface area contributed by atoms with Gasteiger partial charge in [0.2, 0.25) is 5.91 Å². The Labute approximate surface area is 161 Å². The molecule has 2 aromatic rings. The molecule has 2 saturated heterocycles. The van der Waals surface area contributed by atoms with Crippen LogP contribution >= 0.6 is 0 Å². The summed E-state index contributed by atoms with van der Waals surface area (Å²) in [7, 11) is 0. The number of amides is 1. The third kappa shape index (κ3) is 3.76. The zero-order chi connectivity index (χ0) is 18.8. The Morgan fingerprint density at radius 3 is 2.59 bits per heavy atom. The highest BCUT2D eigenvalue weighted by Crippen LogP contribution is 2.25. The normalized spacial score (nSPS) is 19.9. The second-order valence-corrected chi connectivity index (χ2v) is 8.10. The van der Waals surface area contributed by atoms with Crippen molar-refractivity contribution < 1.29 is 4.79 Å². The fraction of sp³-hybridized carbons (Fsp3) is 0.571. The van der Waals surface area contributed by atoms with Crippen molar-refractivity contribution in [2.45, 2.75) is 45.2 Å². The maximum atomic E-state index is 13.1. The lowest BCUT2D eigenvalue weighted by Gasteiger charge is -2.48. The van der Waals surface area contributed by atoms with E-state index in [2.05, 4.69) is 34.0 Å². The molecule has 0 saturated carbocycles. The molecule has 2 fully saturated rings. The molecule has 6 heteroatoms. The van der Waals surface area contributed by atoms with Crippen LogP contribution in [0.2, 0.25) is 0 Å². The molecule has 0 unspecified atom stereocenters. The zero-order valence-corrected chi connectivity index (χ0v) is 16.3. The Morgan fingerprint density at radius 2 is 1.85 bits per heavy atom.